The van der Waals surface area contributed by atoms with Crippen LogP contribution in [0.25, 0.3) is 0 Å². The summed E-state index contributed by atoms with van der Waals surface area (Å²) in [4.78, 5) is 0. The lowest BCUT2D eigenvalue weighted by Crippen LogP contribution is -2.54. The zero-order valence-corrected chi connectivity index (χ0v) is 10.7. The largest absolute Gasteiger partial charge is 0.435 e. The molecule has 1 aliphatic rings. The van der Waals surface area contributed by atoms with Gasteiger partial charge in [0.25, 0.3) is 0 Å². The van der Waals surface area contributed by atoms with Gasteiger partial charge in [-0.15, -0.1) is 0 Å². The Bertz CT molecular complexity index is 469. The van der Waals surface area contributed by atoms with Crippen molar-refractivity contribution in [3.8, 4) is 5.75 Å². The molecule has 1 aromatic carbocycles. The molecule has 0 spiro atoms. The van der Waals surface area contributed by atoms with Crippen LogP contribution in [0.15, 0.2) is 24.3 Å². The van der Waals surface area contributed by atoms with Crippen molar-refractivity contribution in [1.29, 1.82) is 0 Å². The van der Waals surface area contributed by atoms with E-state index in [0.29, 0.717) is 13.0 Å². The molecule has 0 bridgehead atoms. The summed E-state index contributed by atoms with van der Waals surface area (Å²) in [6.07, 6.45) is 0.670. The summed E-state index contributed by atoms with van der Waals surface area (Å²) in [7, 11) is 1.58. The van der Waals surface area contributed by atoms with E-state index in [1.807, 2.05) is 0 Å². The van der Waals surface area contributed by atoms with Crippen molar-refractivity contribution in [2.75, 3.05) is 13.7 Å². The molecular weight excluding hydrogens is 272 g/mol. The normalized spacial score (nSPS) is 24.5. The third-order valence-electron chi connectivity index (χ3n) is 2.91. The lowest BCUT2D eigenvalue weighted by molar-refractivity contribution is -0.379. The van der Waals surface area contributed by atoms with Gasteiger partial charge in [-0.3, -0.25) is 4.74 Å². The number of hydrogen-bond donors (Lipinski definition) is 5. The summed E-state index contributed by atoms with van der Waals surface area (Å²) in [6, 6.07) is 6.17. The highest BCUT2D eigenvalue weighted by molar-refractivity contribution is 5.28. The molecule has 0 aliphatic carbocycles. The first kappa shape index (κ1) is 15.1. The summed E-state index contributed by atoms with van der Waals surface area (Å²) in [6.45, 7) is 0.537. The number of hydrogen-bond acceptors (Lipinski definition) is 8. The Hall–Kier alpha value is -1.26. The zero-order valence-electron chi connectivity index (χ0n) is 10.7. The molecule has 0 amide bonds. The van der Waals surface area contributed by atoms with Gasteiger partial charge in [0.05, 0.1) is 6.61 Å². The van der Waals surface area contributed by atoms with E-state index in [2.05, 4.69) is 4.74 Å². The molecule has 0 aromatic heterocycles. The molecule has 1 fully saturated rings. The molecule has 8 nitrogen and oxygen atoms in total. The Morgan fingerprint density at radius 2 is 1.70 bits per heavy atom. The van der Waals surface area contributed by atoms with Crippen LogP contribution in [0.4, 0.5) is 0 Å². The summed E-state index contributed by atoms with van der Waals surface area (Å²) < 4.78 is 13.7. The van der Waals surface area contributed by atoms with Gasteiger partial charge >= 0.3 is 17.7 Å². The maximum atomic E-state index is 9.53. The zero-order chi connectivity index (χ0) is 15.0. The van der Waals surface area contributed by atoms with E-state index >= 15 is 0 Å². The average molecular weight is 288 g/mol. The molecular formula is C12H16O8. The number of epoxide rings is 1. The van der Waals surface area contributed by atoms with Crippen molar-refractivity contribution >= 4 is 0 Å². The maximum Gasteiger partial charge on any atom is 0.388 e. The van der Waals surface area contributed by atoms with Crippen LogP contribution in [0.2, 0.25) is 0 Å². The summed E-state index contributed by atoms with van der Waals surface area (Å²) in [5.74, 6) is -9.43. The topological polar surface area (TPSA) is 132 Å². The third kappa shape index (κ3) is 2.63. The standard InChI is InChI=1S/C12H16O8/c1-18-7-6-8-2-4-9(5-3-8)19-11(14,15)10(13)12(16,17)20-10/h2-5,13-17H,6-7H2,1H3. The Morgan fingerprint density at radius 3 is 2.15 bits per heavy atom. The molecule has 1 atom stereocenters. The Balaban J connectivity index is 2.03. The number of aliphatic hydroxyl groups is 5. The molecule has 0 radical (unpaired) electrons. The van der Waals surface area contributed by atoms with Gasteiger partial charge in [0.1, 0.15) is 5.75 Å². The number of methoxy groups -OCH3 is 1. The number of rotatable bonds is 6. The Morgan fingerprint density at radius 1 is 1.15 bits per heavy atom. The fraction of sp³-hybridized carbons (Fsp3) is 0.500. The quantitative estimate of drug-likeness (QED) is 0.307. The third-order valence-corrected chi connectivity index (χ3v) is 2.91. The SMILES string of the molecule is COCCc1ccc(OC(O)(O)C2(O)OC2(O)O)cc1. The highest BCUT2D eigenvalue weighted by Crippen LogP contribution is 2.48. The molecule has 112 valence electrons. The van der Waals surface area contributed by atoms with Crippen LogP contribution in [-0.2, 0) is 15.9 Å². The lowest BCUT2D eigenvalue weighted by Gasteiger charge is -2.25. The summed E-state index contributed by atoms with van der Waals surface area (Å²) >= 11 is 0. The van der Waals surface area contributed by atoms with Gasteiger partial charge in [-0.2, -0.15) is 0 Å². The average Bonchev–Trinajstić information content (AvgIpc) is 2.89. The van der Waals surface area contributed by atoms with Crippen molar-refractivity contribution in [2.45, 2.75) is 24.2 Å². The first-order chi connectivity index (χ1) is 9.22. The predicted octanol–water partition coefficient (Wildman–Crippen LogP) is -1.75. The van der Waals surface area contributed by atoms with Crippen molar-refractivity contribution in [3.63, 3.8) is 0 Å². The molecule has 0 saturated carbocycles. The lowest BCUT2D eigenvalue weighted by atomic mass is 10.1. The van der Waals surface area contributed by atoms with Gasteiger partial charge in [-0.05, 0) is 24.1 Å². The predicted molar refractivity (Wildman–Crippen MR) is 63.0 cm³/mol. The molecule has 2 rings (SSSR count). The minimum Gasteiger partial charge on any atom is -0.435 e. The molecule has 1 heterocycles. The van der Waals surface area contributed by atoms with E-state index in [9.17, 15) is 15.3 Å². The van der Waals surface area contributed by atoms with Gasteiger partial charge in [0.2, 0.25) is 0 Å². The van der Waals surface area contributed by atoms with Crippen molar-refractivity contribution in [1.82, 2.24) is 0 Å². The van der Waals surface area contributed by atoms with Gasteiger partial charge in [0.15, 0.2) is 0 Å². The summed E-state index contributed by atoms with van der Waals surface area (Å²) in [5, 5.41) is 46.5. The molecule has 1 saturated heterocycles. The van der Waals surface area contributed by atoms with E-state index in [1.165, 1.54) is 12.1 Å². The van der Waals surface area contributed by atoms with Crippen molar-refractivity contribution in [2.24, 2.45) is 0 Å². The van der Waals surface area contributed by atoms with Crippen LogP contribution in [-0.4, -0.2) is 57.0 Å². The smallest absolute Gasteiger partial charge is 0.388 e. The molecule has 1 unspecified atom stereocenters. The first-order valence-corrected chi connectivity index (χ1v) is 5.81. The van der Waals surface area contributed by atoms with Crippen LogP contribution in [0, 0.1) is 0 Å². The van der Waals surface area contributed by atoms with E-state index in [4.69, 9.17) is 19.7 Å². The molecule has 8 heteroatoms. The van der Waals surface area contributed by atoms with Crippen LogP contribution in [0.5, 0.6) is 5.75 Å². The van der Waals surface area contributed by atoms with Crippen LogP contribution < -0.4 is 4.74 Å². The molecule has 1 aromatic rings. The number of benzene rings is 1. The monoisotopic (exact) mass is 288 g/mol. The fourth-order valence-electron chi connectivity index (χ4n) is 1.64. The van der Waals surface area contributed by atoms with E-state index < -0.39 is 17.7 Å². The second kappa shape index (κ2) is 4.93. The van der Waals surface area contributed by atoms with Crippen molar-refractivity contribution < 1.29 is 39.7 Å². The Labute approximate surface area is 114 Å². The number of ether oxygens (including phenoxy) is 3. The highest BCUT2D eigenvalue weighted by Gasteiger charge is 2.83. The van der Waals surface area contributed by atoms with Gasteiger partial charge in [-0.25, -0.2) is 0 Å². The minimum absolute atomic E-state index is 0.00380. The highest BCUT2D eigenvalue weighted by atomic mass is 17.0. The van der Waals surface area contributed by atoms with Gasteiger partial charge < -0.3 is 35.0 Å². The minimum atomic E-state index is -3.31. The second-order valence-corrected chi connectivity index (χ2v) is 4.45. The first-order valence-electron chi connectivity index (χ1n) is 5.81. The fourth-order valence-corrected chi connectivity index (χ4v) is 1.64. The van der Waals surface area contributed by atoms with Gasteiger partial charge in [0, 0.05) is 7.11 Å². The van der Waals surface area contributed by atoms with Crippen molar-refractivity contribution in [3.05, 3.63) is 29.8 Å². The van der Waals surface area contributed by atoms with Crippen LogP contribution >= 0.6 is 0 Å². The molecule has 5 N–H and O–H groups in total. The van der Waals surface area contributed by atoms with Gasteiger partial charge in [-0.1, -0.05) is 12.1 Å². The summed E-state index contributed by atoms with van der Waals surface area (Å²) in [5.41, 5.74) is 0.931. The van der Waals surface area contributed by atoms with Crippen LogP contribution in [0.3, 0.4) is 0 Å². The Kier molecular flexibility index (Phi) is 3.73. The van der Waals surface area contributed by atoms with E-state index in [-0.39, 0.29) is 5.75 Å². The maximum absolute atomic E-state index is 9.53. The molecule has 20 heavy (non-hydrogen) atoms. The van der Waals surface area contributed by atoms with E-state index in [0.717, 1.165) is 5.56 Å². The second-order valence-electron chi connectivity index (χ2n) is 4.45. The molecule has 1 aliphatic heterocycles. The van der Waals surface area contributed by atoms with Crippen LogP contribution in [0.1, 0.15) is 5.56 Å². The van der Waals surface area contributed by atoms with E-state index in [1.54, 1.807) is 19.2 Å².